The number of hydrogen-bond donors (Lipinski definition) is 2. The van der Waals surface area contributed by atoms with Gasteiger partial charge in [0.15, 0.2) is 0 Å². The highest BCUT2D eigenvalue weighted by molar-refractivity contribution is 5.80. The Morgan fingerprint density at radius 3 is 2.71 bits per heavy atom. The highest BCUT2D eigenvalue weighted by Crippen LogP contribution is 2.27. The molecule has 0 saturated heterocycles. The molecule has 0 amide bonds. The van der Waals surface area contributed by atoms with E-state index in [4.69, 9.17) is 10.9 Å². The number of hydrogen-bond acceptors (Lipinski definition) is 3. The minimum absolute atomic E-state index is 0.318. The number of amidine groups is 1. The summed E-state index contributed by atoms with van der Waals surface area (Å²) in [5, 5.41) is 11.4. The van der Waals surface area contributed by atoms with E-state index in [9.17, 15) is 0 Å². The first-order valence-electron chi connectivity index (χ1n) is 5.30. The van der Waals surface area contributed by atoms with E-state index in [1.54, 1.807) is 0 Å². The summed E-state index contributed by atoms with van der Waals surface area (Å²) in [5.41, 5.74) is 5.46. The molecular weight excluding hydrogens is 178 g/mol. The molecule has 0 heterocycles. The van der Waals surface area contributed by atoms with Gasteiger partial charge in [-0.3, -0.25) is 0 Å². The second kappa shape index (κ2) is 5.20. The van der Waals surface area contributed by atoms with Gasteiger partial charge in [0.25, 0.3) is 0 Å². The quantitative estimate of drug-likeness (QED) is 0.303. The zero-order valence-corrected chi connectivity index (χ0v) is 9.11. The van der Waals surface area contributed by atoms with Gasteiger partial charge in [-0.25, -0.2) is 0 Å². The van der Waals surface area contributed by atoms with Crippen LogP contribution in [0.2, 0.25) is 0 Å². The Hall–Kier alpha value is -0.770. The number of nitrogens with two attached hydrogens (primary N) is 1. The summed E-state index contributed by atoms with van der Waals surface area (Å²) in [7, 11) is 2.10. The Morgan fingerprint density at radius 1 is 1.64 bits per heavy atom. The average Bonchev–Trinajstić information content (AvgIpc) is 2.10. The van der Waals surface area contributed by atoms with E-state index in [1.165, 1.54) is 19.3 Å². The molecule has 1 unspecified atom stereocenters. The molecule has 0 radical (unpaired) electrons. The van der Waals surface area contributed by atoms with E-state index in [0.29, 0.717) is 18.3 Å². The first kappa shape index (κ1) is 11.3. The zero-order valence-electron chi connectivity index (χ0n) is 9.11. The molecule has 0 aromatic rings. The highest BCUT2D eigenvalue weighted by atomic mass is 16.4. The van der Waals surface area contributed by atoms with Crippen molar-refractivity contribution in [3.63, 3.8) is 0 Å². The van der Waals surface area contributed by atoms with Gasteiger partial charge in [-0.2, -0.15) is 0 Å². The molecule has 0 aromatic heterocycles. The third kappa shape index (κ3) is 3.18. The van der Waals surface area contributed by atoms with Gasteiger partial charge < -0.3 is 15.8 Å². The molecule has 4 nitrogen and oxygen atoms in total. The van der Waals surface area contributed by atoms with E-state index >= 15 is 0 Å². The lowest BCUT2D eigenvalue weighted by molar-refractivity contribution is 0.171. The van der Waals surface area contributed by atoms with Crippen LogP contribution in [0.5, 0.6) is 0 Å². The molecule has 82 valence electrons. The van der Waals surface area contributed by atoms with Crippen LogP contribution < -0.4 is 5.73 Å². The van der Waals surface area contributed by atoms with Crippen molar-refractivity contribution >= 4 is 5.84 Å². The lowest BCUT2D eigenvalue weighted by Gasteiger charge is -2.33. The molecule has 1 rings (SSSR count). The second-order valence-electron chi connectivity index (χ2n) is 4.38. The van der Waals surface area contributed by atoms with Gasteiger partial charge in [0, 0.05) is 19.0 Å². The van der Waals surface area contributed by atoms with E-state index < -0.39 is 0 Å². The summed E-state index contributed by atoms with van der Waals surface area (Å²) < 4.78 is 0. The SMILES string of the molecule is CC(CC(N)=NO)N(C)CC1CCC1. The Morgan fingerprint density at radius 2 is 2.29 bits per heavy atom. The van der Waals surface area contributed by atoms with Crippen molar-refractivity contribution in [3.8, 4) is 0 Å². The standard InChI is InChI=1S/C10H21N3O/c1-8(6-10(11)12-14)13(2)7-9-4-3-5-9/h8-9,14H,3-7H2,1-2H3,(H2,11,12). The molecule has 3 N–H and O–H groups in total. The first-order valence-corrected chi connectivity index (χ1v) is 5.30. The van der Waals surface area contributed by atoms with Crippen molar-refractivity contribution < 1.29 is 5.21 Å². The fraction of sp³-hybridized carbons (Fsp3) is 0.900. The minimum atomic E-state index is 0.318. The topological polar surface area (TPSA) is 61.9 Å². The third-order valence-electron chi connectivity index (χ3n) is 3.16. The largest absolute Gasteiger partial charge is 0.409 e. The molecule has 1 aliphatic rings. The first-order chi connectivity index (χ1) is 6.63. The van der Waals surface area contributed by atoms with Crippen molar-refractivity contribution in [1.82, 2.24) is 4.90 Å². The lowest BCUT2D eigenvalue weighted by atomic mass is 9.85. The Bertz CT molecular complexity index is 202. The van der Waals surface area contributed by atoms with Crippen LogP contribution in [-0.4, -0.2) is 35.6 Å². The molecule has 1 atom stereocenters. The van der Waals surface area contributed by atoms with Crippen molar-refractivity contribution in [3.05, 3.63) is 0 Å². The smallest absolute Gasteiger partial charge is 0.140 e. The van der Waals surface area contributed by atoms with Gasteiger partial charge in [-0.15, -0.1) is 0 Å². The van der Waals surface area contributed by atoms with E-state index in [-0.39, 0.29) is 0 Å². The molecule has 0 aliphatic heterocycles. The Kier molecular flexibility index (Phi) is 4.20. The molecule has 0 aromatic carbocycles. The maximum Gasteiger partial charge on any atom is 0.140 e. The van der Waals surface area contributed by atoms with Crippen LogP contribution in [-0.2, 0) is 0 Å². The second-order valence-corrected chi connectivity index (χ2v) is 4.38. The maximum absolute atomic E-state index is 8.45. The number of oxime groups is 1. The van der Waals surface area contributed by atoms with E-state index in [2.05, 4.69) is 24.0 Å². The van der Waals surface area contributed by atoms with Gasteiger partial charge in [0.1, 0.15) is 5.84 Å². The van der Waals surface area contributed by atoms with Crippen molar-refractivity contribution in [2.24, 2.45) is 16.8 Å². The molecule has 4 heteroatoms. The molecular formula is C10H21N3O. The maximum atomic E-state index is 8.45. The van der Waals surface area contributed by atoms with Gasteiger partial charge in [-0.1, -0.05) is 11.6 Å². The fourth-order valence-corrected chi connectivity index (χ4v) is 1.76. The van der Waals surface area contributed by atoms with Crippen molar-refractivity contribution in [2.75, 3.05) is 13.6 Å². The molecule has 14 heavy (non-hydrogen) atoms. The van der Waals surface area contributed by atoms with Gasteiger partial charge in [0.2, 0.25) is 0 Å². The van der Waals surface area contributed by atoms with Crippen LogP contribution in [0.15, 0.2) is 5.16 Å². The number of rotatable bonds is 5. The van der Waals surface area contributed by atoms with Crippen LogP contribution in [0.25, 0.3) is 0 Å². The average molecular weight is 199 g/mol. The lowest BCUT2D eigenvalue weighted by Crippen LogP contribution is -2.38. The number of nitrogens with zero attached hydrogens (tertiary/aromatic N) is 2. The van der Waals surface area contributed by atoms with Crippen LogP contribution >= 0.6 is 0 Å². The van der Waals surface area contributed by atoms with Gasteiger partial charge in [-0.05, 0) is 32.7 Å². The summed E-state index contributed by atoms with van der Waals surface area (Å²) in [5.74, 6) is 1.19. The molecule has 0 spiro atoms. The van der Waals surface area contributed by atoms with Crippen LogP contribution in [0.4, 0.5) is 0 Å². The summed E-state index contributed by atoms with van der Waals surface area (Å²) in [6.07, 6.45) is 4.74. The minimum Gasteiger partial charge on any atom is -0.409 e. The van der Waals surface area contributed by atoms with Gasteiger partial charge in [0.05, 0.1) is 0 Å². The summed E-state index contributed by atoms with van der Waals surface area (Å²) >= 11 is 0. The molecule has 1 fully saturated rings. The molecule has 0 bridgehead atoms. The van der Waals surface area contributed by atoms with Crippen LogP contribution in [0.1, 0.15) is 32.6 Å². The fourth-order valence-electron chi connectivity index (χ4n) is 1.76. The zero-order chi connectivity index (χ0) is 10.6. The summed E-state index contributed by atoms with van der Waals surface area (Å²) in [6, 6.07) is 0.353. The van der Waals surface area contributed by atoms with E-state index in [0.717, 1.165) is 12.5 Å². The highest BCUT2D eigenvalue weighted by Gasteiger charge is 2.21. The van der Waals surface area contributed by atoms with Crippen molar-refractivity contribution in [2.45, 2.75) is 38.6 Å². The molecule has 1 saturated carbocycles. The van der Waals surface area contributed by atoms with Crippen LogP contribution in [0, 0.1) is 5.92 Å². The Balaban J connectivity index is 2.24. The predicted octanol–water partition coefficient (Wildman–Crippen LogP) is 1.24. The Labute approximate surface area is 85.8 Å². The van der Waals surface area contributed by atoms with Crippen molar-refractivity contribution in [1.29, 1.82) is 0 Å². The van der Waals surface area contributed by atoms with E-state index in [1.807, 2.05) is 0 Å². The monoisotopic (exact) mass is 199 g/mol. The third-order valence-corrected chi connectivity index (χ3v) is 3.16. The normalized spacial score (nSPS) is 20.9. The summed E-state index contributed by atoms with van der Waals surface area (Å²) in [4.78, 5) is 2.29. The van der Waals surface area contributed by atoms with Gasteiger partial charge >= 0.3 is 0 Å². The molecule has 1 aliphatic carbocycles. The predicted molar refractivity (Wildman–Crippen MR) is 57.5 cm³/mol. The summed E-state index contributed by atoms with van der Waals surface area (Å²) in [6.45, 7) is 3.25. The van der Waals surface area contributed by atoms with Crippen LogP contribution in [0.3, 0.4) is 0 Å².